The van der Waals surface area contributed by atoms with Crippen molar-refractivity contribution in [2.75, 3.05) is 5.32 Å². The van der Waals surface area contributed by atoms with Gasteiger partial charge < -0.3 is 5.32 Å². The molecule has 140 valence electrons. The minimum Gasteiger partial charge on any atom is -0.325 e. The minimum absolute atomic E-state index is 0.00610. The van der Waals surface area contributed by atoms with Gasteiger partial charge in [0.05, 0.1) is 10.6 Å². The van der Waals surface area contributed by atoms with Crippen LogP contribution in [0.3, 0.4) is 0 Å². The molecule has 0 saturated heterocycles. The van der Waals surface area contributed by atoms with Crippen LogP contribution in [0.2, 0.25) is 0 Å². The van der Waals surface area contributed by atoms with Crippen LogP contribution in [0.4, 0.5) is 5.69 Å². The van der Waals surface area contributed by atoms with Crippen molar-refractivity contribution in [3.63, 3.8) is 0 Å². The van der Waals surface area contributed by atoms with Crippen molar-refractivity contribution >= 4 is 44.9 Å². The average Bonchev–Trinajstić information content (AvgIpc) is 3.22. The molecule has 7 heteroatoms. The van der Waals surface area contributed by atoms with Gasteiger partial charge in [-0.15, -0.1) is 11.3 Å². The molecule has 1 amide bonds. The summed E-state index contributed by atoms with van der Waals surface area (Å²) >= 11 is 2.94. The van der Waals surface area contributed by atoms with E-state index in [-0.39, 0.29) is 16.7 Å². The van der Waals surface area contributed by atoms with Gasteiger partial charge in [-0.25, -0.2) is 4.98 Å². The zero-order valence-corrected chi connectivity index (χ0v) is 17.2. The van der Waals surface area contributed by atoms with Crippen molar-refractivity contribution in [1.29, 1.82) is 0 Å². The van der Waals surface area contributed by atoms with Crippen LogP contribution in [0.15, 0.2) is 34.2 Å². The zero-order valence-electron chi connectivity index (χ0n) is 15.5. The number of thiophene rings is 1. The second kappa shape index (κ2) is 7.13. The predicted molar refractivity (Wildman–Crippen MR) is 112 cm³/mol. The number of fused-ring (bicyclic) bond motifs is 3. The average molecular weight is 400 g/mol. The number of aromatic nitrogens is 2. The van der Waals surface area contributed by atoms with Crippen LogP contribution in [0, 0.1) is 6.92 Å². The van der Waals surface area contributed by atoms with Gasteiger partial charge in [0.1, 0.15) is 4.83 Å². The van der Waals surface area contributed by atoms with Gasteiger partial charge in [-0.1, -0.05) is 30.0 Å². The maximum atomic E-state index is 12.9. The molecule has 0 spiro atoms. The molecule has 0 saturated carbocycles. The van der Waals surface area contributed by atoms with E-state index in [1.165, 1.54) is 22.2 Å². The van der Waals surface area contributed by atoms with Crippen molar-refractivity contribution in [2.24, 2.45) is 7.05 Å². The molecule has 1 aliphatic carbocycles. The molecule has 0 aliphatic heterocycles. The SMILES string of the molecule is Cc1ccccc1NC(=O)C(C)Sc1nc2sc3c(c2c(=O)n1C)CCC3. The Balaban J connectivity index is 1.59. The van der Waals surface area contributed by atoms with Crippen LogP contribution in [0.25, 0.3) is 10.2 Å². The standard InChI is InChI=1S/C20H21N3O2S2/c1-11-7-4-5-9-14(11)21-17(24)12(2)26-20-22-18-16(19(25)23(20)3)13-8-6-10-15(13)27-18/h4-5,7,9,12H,6,8,10H2,1-3H3,(H,21,24). The molecule has 1 aromatic carbocycles. The highest BCUT2D eigenvalue weighted by molar-refractivity contribution is 8.00. The number of amides is 1. The number of nitrogens with zero attached hydrogens (tertiary/aromatic N) is 2. The lowest BCUT2D eigenvalue weighted by Crippen LogP contribution is -2.25. The van der Waals surface area contributed by atoms with Crippen LogP contribution in [-0.2, 0) is 24.7 Å². The Morgan fingerprint density at radius 1 is 1.33 bits per heavy atom. The fourth-order valence-corrected chi connectivity index (χ4v) is 5.55. The molecular formula is C20H21N3O2S2. The van der Waals surface area contributed by atoms with E-state index in [1.807, 2.05) is 38.1 Å². The first kappa shape index (κ1) is 18.3. The van der Waals surface area contributed by atoms with Crippen LogP contribution in [0.1, 0.15) is 29.3 Å². The number of carbonyl (C=O) groups is 1. The van der Waals surface area contributed by atoms with Gasteiger partial charge in [-0.3, -0.25) is 14.2 Å². The molecule has 27 heavy (non-hydrogen) atoms. The Hall–Kier alpha value is -2.12. The molecule has 2 heterocycles. The summed E-state index contributed by atoms with van der Waals surface area (Å²) in [5, 5.41) is 3.95. The van der Waals surface area contributed by atoms with Crippen molar-refractivity contribution in [1.82, 2.24) is 9.55 Å². The lowest BCUT2D eigenvalue weighted by molar-refractivity contribution is -0.115. The first-order valence-corrected chi connectivity index (χ1v) is 10.7. The summed E-state index contributed by atoms with van der Waals surface area (Å²) < 4.78 is 1.58. The molecule has 3 aromatic rings. The number of benzene rings is 1. The lowest BCUT2D eigenvalue weighted by atomic mass is 10.2. The monoisotopic (exact) mass is 399 g/mol. The van der Waals surface area contributed by atoms with Crippen LogP contribution in [-0.4, -0.2) is 20.7 Å². The van der Waals surface area contributed by atoms with Gasteiger partial charge in [-0.2, -0.15) is 0 Å². The van der Waals surface area contributed by atoms with Crippen molar-refractivity contribution in [3.8, 4) is 0 Å². The third kappa shape index (κ3) is 3.30. The number of carbonyl (C=O) groups excluding carboxylic acids is 1. The number of nitrogens with one attached hydrogen (secondary N) is 1. The third-order valence-corrected chi connectivity index (χ3v) is 7.29. The van der Waals surface area contributed by atoms with Crippen LogP contribution in [0.5, 0.6) is 0 Å². The van der Waals surface area contributed by atoms with E-state index in [0.717, 1.165) is 40.7 Å². The van der Waals surface area contributed by atoms with Crippen LogP contribution < -0.4 is 10.9 Å². The molecule has 5 nitrogen and oxygen atoms in total. The summed E-state index contributed by atoms with van der Waals surface area (Å²) in [4.78, 5) is 32.3. The number of para-hydroxylation sites is 1. The zero-order chi connectivity index (χ0) is 19.1. The van der Waals surface area contributed by atoms with E-state index in [4.69, 9.17) is 4.98 Å². The largest absolute Gasteiger partial charge is 0.325 e. The number of hydrogen-bond acceptors (Lipinski definition) is 5. The van der Waals surface area contributed by atoms with Gasteiger partial charge in [0.15, 0.2) is 5.16 Å². The Morgan fingerprint density at radius 3 is 2.89 bits per heavy atom. The van der Waals surface area contributed by atoms with E-state index in [0.29, 0.717) is 5.16 Å². The molecule has 0 bridgehead atoms. The lowest BCUT2D eigenvalue weighted by Gasteiger charge is -2.14. The van der Waals surface area contributed by atoms with E-state index in [2.05, 4.69) is 5.32 Å². The molecule has 0 radical (unpaired) electrons. The highest BCUT2D eigenvalue weighted by atomic mass is 32.2. The van der Waals surface area contributed by atoms with E-state index >= 15 is 0 Å². The second-order valence-corrected chi connectivity index (χ2v) is 9.25. The smallest absolute Gasteiger partial charge is 0.262 e. The fourth-order valence-electron chi connectivity index (χ4n) is 3.37. The third-order valence-electron chi connectivity index (χ3n) is 4.96. The van der Waals surface area contributed by atoms with E-state index in [1.54, 1.807) is 23.0 Å². The summed E-state index contributed by atoms with van der Waals surface area (Å²) in [5.74, 6) is -0.0997. The van der Waals surface area contributed by atoms with Crippen LogP contribution >= 0.6 is 23.1 Å². The van der Waals surface area contributed by atoms with Gasteiger partial charge in [0, 0.05) is 17.6 Å². The molecule has 1 unspecified atom stereocenters. The van der Waals surface area contributed by atoms with E-state index in [9.17, 15) is 9.59 Å². The number of hydrogen-bond donors (Lipinski definition) is 1. The van der Waals surface area contributed by atoms with E-state index < -0.39 is 0 Å². The molecule has 4 rings (SSSR count). The number of rotatable bonds is 4. The first-order chi connectivity index (χ1) is 13.0. The summed E-state index contributed by atoms with van der Waals surface area (Å²) in [6.45, 7) is 3.80. The first-order valence-electron chi connectivity index (χ1n) is 9.00. The highest BCUT2D eigenvalue weighted by Gasteiger charge is 2.24. The van der Waals surface area contributed by atoms with Crippen molar-refractivity contribution < 1.29 is 4.79 Å². The summed E-state index contributed by atoms with van der Waals surface area (Å²) in [5.41, 5.74) is 3.00. The number of aryl methyl sites for hydroxylation is 3. The molecule has 1 atom stereocenters. The minimum atomic E-state index is -0.369. The molecule has 0 fully saturated rings. The number of thioether (sulfide) groups is 1. The van der Waals surface area contributed by atoms with Gasteiger partial charge in [-0.05, 0) is 50.3 Å². The highest BCUT2D eigenvalue weighted by Crippen LogP contribution is 2.35. The summed E-state index contributed by atoms with van der Waals surface area (Å²) in [7, 11) is 1.74. The van der Waals surface area contributed by atoms with Gasteiger partial charge in [0.25, 0.3) is 5.56 Å². The maximum absolute atomic E-state index is 12.9. The Bertz CT molecular complexity index is 1100. The van der Waals surface area contributed by atoms with Crippen molar-refractivity contribution in [2.45, 2.75) is 43.5 Å². The van der Waals surface area contributed by atoms with Gasteiger partial charge >= 0.3 is 0 Å². The van der Waals surface area contributed by atoms with Crippen molar-refractivity contribution in [3.05, 3.63) is 50.6 Å². The topological polar surface area (TPSA) is 64.0 Å². The normalized spacial score (nSPS) is 14.3. The van der Waals surface area contributed by atoms with Gasteiger partial charge in [0.2, 0.25) is 5.91 Å². The number of anilines is 1. The summed E-state index contributed by atoms with van der Waals surface area (Å²) in [6.07, 6.45) is 3.12. The quantitative estimate of drug-likeness (QED) is 0.534. The molecular weight excluding hydrogens is 378 g/mol. The Morgan fingerprint density at radius 2 is 2.11 bits per heavy atom. The second-order valence-electron chi connectivity index (χ2n) is 6.86. The molecule has 1 N–H and O–H groups in total. The molecule has 1 aliphatic rings. The molecule has 2 aromatic heterocycles. The Labute approximate surface area is 165 Å². The maximum Gasteiger partial charge on any atom is 0.262 e. The Kier molecular flexibility index (Phi) is 4.82. The summed E-state index contributed by atoms with van der Waals surface area (Å²) in [6, 6.07) is 7.69. The predicted octanol–water partition coefficient (Wildman–Crippen LogP) is 3.91. The fraction of sp³-hybridized carbons (Fsp3) is 0.350.